The van der Waals surface area contributed by atoms with Crippen LogP contribution < -0.4 is 5.32 Å². The summed E-state index contributed by atoms with van der Waals surface area (Å²) in [5, 5.41) is 12.9. The summed E-state index contributed by atoms with van der Waals surface area (Å²) in [7, 11) is 0. The molecule has 1 aromatic carbocycles. The van der Waals surface area contributed by atoms with Gasteiger partial charge in [0.05, 0.1) is 4.92 Å². The summed E-state index contributed by atoms with van der Waals surface area (Å²) in [5.41, 5.74) is 0.685. The van der Waals surface area contributed by atoms with E-state index in [0.29, 0.717) is 16.9 Å². The second-order valence-electron chi connectivity index (χ2n) is 8.16. The minimum atomic E-state index is -0.787. The molecule has 0 radical (unpaired) electrons. The van der Waals surface area contributed by atoms with Crippen molar-refractivity contribution in [3.8, 4) is 0 Å². The van der Waals surface area contributed by atoms with E-state index in [1.807, 2.05) is 0 Å². The highest BCUT2D eigenvalue weighted by Crippen LogP contribution is 2.40. The van der Waals surface area contributed by atoms with Gasteiger partial charge in [-0.05, 0) is 51.0 Å². The number of non-ortho nitro benzene ring substituents is 1. The molecular weight excluding hydrogens is 426 g/mol. The number of rotatable bonds is 5. The number of thioether (sulfide) groups is 1. The number of fused-ring (bicyclic) bond motifs is 1. The SMILES string of the molecule is CC1=C(C(=O)OCc2ccc([N+](=O)[O-])cc2)N2C(=O)[C@@H](NC(=O)OC(C)(C)C)[C@H]2SC1. The third-order valence-electron chi connectivity index (χ3n) is 4.54. The quantitative estimate of drug-likeness (QED) is 0.314. The summed E-state index contributed by atoms with van der Waals surface area (Å²) < 4.78 is 10.5. The fourth-order valence-corrected chi connectivity index (χ4v) is 4.42. The van der Waals surface area contributed by atoms with Crippen molar-refractivity contribution in [1.82, 2.24) is 10.2 Å². The van der Waals surface area contributed by atoms with Crippen LogP contribution in [0.2, 0.25) is 0 Å². The number of nitro groups is 1. The molecule has 11 heteroatoms. The normalized spacial score (nSPS) is 20.5. The van der Waals surface area contributed by atoms with Crippen LogP contribution in [0.5, 0.6) is 0 Å². The molecule has 31 heavy (non-hydrogen) atoms. The van der Waals surface area contributed by atoms with Crippen LogP contribution >= 0.6 is 11.8 Å². The van der Waals surface area contributed by atoms with E-state index in [-0.39, 0.29) is 18.0 Å². The number of ether oxygens (including phenoxy) is 2. The minimum absolute atomic E-state index is 0.0597. The number of hydrogen-bond acceptors (Lipinski definition) is 8. The Morgan fingerprint density at radius 2 is 1.94 bits per heavy atom. The number of nitro benzene ring substituents is 1. The van der Waals surface area contributed by atoms with Gasteiger partial charge in [-0.15, -0.1) is 11.8 Å². The lowest BCUT2D eigenvalue weighted by molar-refractivity contribution is -0.384. The molecule has 2 atom stereocenters. The predicted molar refractivity (Wildman–Crippen MR) is 112 cm³/mol. The van der Waals surface area contributed by atoms with E-state index in [9.17, 15) is 24.5 Å². The molecule has 2 heterocycles. The molecule has 0 saturated carbocycles. The van der Waals surface area contributed by atoms with Gasteiger partial charge in [-0.1, -0.05) is 0 Å². The van der Waals surface area contributed by atoms with E-state index in [1.165, 1.54) is 40.9 Å². The highest BCUT2D eigenvalue weighted by Gasteiger charge is 2.54. The molecule has 0 aromatic heterocycles. The molecule has 1 N–H and O–H groups in total. The fourth-order valence-electron chi connectivity index (χ4n) is 3.13. The molecule has 0 aliphatic carbocycles. The maximum Gasteiger partial charge on any atom is 0.408 e. The molecule has 0 spiro atoms. The molecule has 0 unspecified atom stereocenters. The lowest BCUT2D eigenvalue weighted by Crippen LogP contribution is -2.70. The zero-order valence-corrected chi connectivity index (χ0v) is 18.4. The standard InChI is InChI=1S/C20H23N3O7S/c1-11-10-31-17-14(21-19(26)30-20(2,3)4)16(24)22(17)15(11)18(25)29-9-12-5-7-13(8-6-12)23(27)28/h5-8,14,17H,9-10H2,1-4H3,(H,21,26)/t14-,17-/m1/s1. The van der Waals surface area contributed by atoms with Gasteiger partial charge in [0, 0.05) is 17.9 Å². The van der Waals surface area contributed by atoms with Gasteiger partial charge in [0.15, 0.2) is 0 Å². The molecule has 166 valence electrons. The summed E-state index contributed by atoms with van der Waals surface area (Å²) in [6.07, 6.45) is -0.695. The third-order valence-corrected chi connectivity index (χ3v) is 5.97. The molecule has 1 aromatic rings. The molecular formula is C20H23N3O7S. The summed E-state index contributed by atoms with van der Waals surface area (Å²) in [6.45, 7) is 6.83. The zero-order chi connectivity index (χ0) is 22.9. The maximum atomic E-state index is 12.7. The maximum absolute atomic E-state index is 12.7. The van der Waals surface area contributed by atoms with Crippen molar-refractivity contribution in [2.45, 2.75) is 51.3 Å². The van der Waals surface area contributed by atoms with Crippen LogP contribution in [0.4, 0.5) is 10.5 Å². The van der Waals surface area contributed by atoms with Crippen LogP contribution in [0, 0.1) is 10.1 Å². The van der Waals surface area contributed by atoms with Gasteiger partial charge in [0.25, 0.3) is 11.6 Å². The summed E-state index contributed by atoms with van der Waals surface area (Å²) in [5.74, 6) is -0.571. The van der Waals surface area contributed by atoms with Crippen molar-refractivity contribution in [3.63, 3.8) is 0 Å². The molecule has 0 bridgehead atoms. The first kappa shape index (κ1) is 22.6. The predicted octanol–water partition coefficient (Wildman–Crippen LogP) is 2.72. The van der Waals surface area contributed by atoms with Crippen molar-refractivity contribution in [2.75, 3.05) is 5.75 Å². The van der Waals surface area contributed by atoms with Gasteiger partial charge >= 0.3 is 12.1 Å². The first-order valence-electron chi connectivity index (χ1n) is 9.52. The van der Waals surface area contributed by atoms with Crippen LogP contribution in [0.15, 0.2) is 35.5 Å². The van der Waals surface area contributed by atoms with E-state index in [1.54, 1.807) is 27.7 Å². The minimum Gasteiger partial charge on any atom is -0.456 e. The average Bonchev–Trinajstić information content (AvgIpc) is 2.69. The van der Waals surface area contributed by atoms with E-state index < -0.39 is 39.9 Å². The second kappa shape index (κ2) is 8.58. The van der Waals surface area contributed by atoms with Gasteiger partial charge in [-0.3, -0.25) is 19.8 Å². The number of β-lactam (4-membered cyclic amide) rings is 1. The Hall–Kier alpha value is -3.08. The molecule has 2 aliphatic heterocycles. The van der Waals surface area contributed by atoms with Crippen LogP contribution in [0.3, 0.4) is 0 Å². The van der Waals surface area contributed by atoms with E-state index in [4.69, 9.17) is 9.47 Å². The number of esters is 1. The van der Waals surface area contributed by atoms with Crippen molar-refractivity contribution in [1.29, 1.82) is 0 Å². The monoisotopic (exact) mass is 449 g/mol. The Morgan fingerprint density at radius 1 is 1.29 bits per heavy atom. The lowest BCUT2D eigenvalue weighted by Gasteiger charge is -2.49. The summed E-state index contributed by atoms with van der Waals surface area (Å²) in [4.78, 5) is 49.0. The smallest absolute Gasteiger partial charge is 0.408 e. The summed E-state index contributed by atoms with van der Waals surface area (Å²) in [6, 6.07) is 4.87. The number of hydrogen-bond donors (Lipinski definition) is 1. The first-order chi connectivity index (χ1) is 14.5. The van der Waals surface area contributed by atoms with E-state index in [0.717, 1.165) is 0 Å². The number of carbonyl (C=O) groups excluding carboxylic acids is 3. The van der Waals surface area contributed by atoms with Crippen LogP contribution in [-0.2, 0) is 25.7 Å². The Balaban J connectivity index is 1.64. The van der Waals surface area contributed by atoms with Crippen LogP contribution in [-0.4, -0.2) is 50.6 Å². The number of nitrogens with one attached hydrogen (secondary N) is 1. The Bertz CT molecular complexity index is 953. The highest BCUT2D eigenvalue weighted by atomic mass is 32.2. The van der Waals surface area contributed by atoms with Crippen LogP contribution in [0.1, 0.15) is 33.3 Å². The van der Waals surface area contributed by atoms with Gasteiger partial charge in [-0.25, -0.2) is 9.59 Å². The van der Waals surface area contributed by atoms with Crippen molar-refractivity contribution < 1.29 is 28.8 Å². The van der Waals surface area contributed by atoms with Gasteiger partial charge in [0.1, 0.15) is 29.3 Å². The Kier molecular flexibility index (Phi) is 6.25. The van der Waals surface area contributed by atoms with Crippen molar-refractivity contribution in [2.24, 2.45) is 0 Å². The molecule has 10 nitrogen and oxygen atoms in total. The number of amides is 2. The Morgan fingerprint density at radius 3 is 2.52 bits per heavy atom. The summed E-state index contributed by atoms with van der Waals surface area (Å²) >= 11 is 1.44. The average molecular weight is 449 g/mol. The third kappa shape index (κ3) is 4.98. The van der Waals surface area contributed by atoms with Gasteiger partial charge < -0.3 is 14.8 Å². The highest BCUT2D eigenvalue weighted by molar-refractivity contribution is 8.00. The van der Waals surface area contributed by atoms with Crippen molar-refractivity contribution in [3.05, 3.63) is 51.2 Å². The number of benzene rings is 1. The second-order valence-corrected chi connectivity index (χ2v) is 9.27. The fraction of sp³-hybridized carbons (Fsp3) is 0.450. The molecule has 1 fully saturated rings. The number of alkyl carbamates (subject to hydrolysis) is 1. The van der Waals surface area contributed by atoms with Gasteiger partial charge in [-0.2, -0.15) is 0 Å². The first-order valence-corrected chi connectivity index (χ1v) is 10.6. The molecule has 2 amide bonds. The van der Waals surface area contributed by atoms with E-state index >= 15 is 0 Å². The molecule has 3 rings (SSSR count). The topological polar surface area (TPSA) is 128 Å². The molecule has 2 aliphatic rings. The zero-order valence-electron chi connectivity index (χ0n) is 17.5. The van der Waals surface area contributed by atoms with Gasteiger partial charge in [0.2, 0.25) is 0 Å². The number of nitrogens with zero attached hydrogens (tertiary/aromatic N) is 2. The largest absolute Gasteiger partial charge is 0.456 e. The number of carbonyl (C=O) groups is 3. The molecule has 1 saturated heterocycles. The Labute approximate surface area is 183 Å². The lowest BCUT2D eigenvalue weighted by atomic mass is 10.0. The van der Waals surface area contributed by atoms with Crippen LogP contribution in [0.25, 0.3) is 0 Å². The van der Waals surface area contributed by atoms with E-state index in [2.05, 4.69) is 5.32 Å². The van der Waals surface area contributed by atoms with Crippen molar-refractivity contribution >= 4 is 35.4 Å².